The third kappa shape index (κ3) is 3.07. The van der Waals surface area contributed by atoms with Crippen molar-refractivity contribution >= 4 is 11.6 Å². The Morgan fingerprint density at radius 3 is 2.84 bits per heavy atom. The molecular formula is C14H11N3O2. The molecule has 2 aromatic rings. The molecule has 5 nitrogen and oxygen atoms in total. The van der Waals surface area contributed by atoms with Crippen molar-refractivity contribution in [3.8, 4) is 11.9 Å². The summed E-state index contributed by atoms with van der Waals surface area (Å²) in [5.74, 6) is 0.160. The zero-order valence-electron chi connectivity index (χ0n) is 10.3. The summed E-state index contributed by atoms with van der Waals surface area (Å²) in [5, 5.41) is 11.5. The van der Waals surface area contributed by atoms with Crippen LogP contribution in [0.3, 0.4) is 0 Å². The number of anilines is 1. The topological polar surface area (TPSA) is 75.0 Å². The predicted octanol–water partition coefficient (Wildman–Crippen LogP) is 2.21. The summed E-state index contributed by atoms with van der Waals surface area (Å²) in [4.78, 5) is 15.9. The second-order valence-electron chi connectivity index (χ2n) is 3.74. The summed E-state index contributed by atoms with van der Waals surface area (Å²) in [6, 6.07) is 12.0. The van der Waals surface area contributed by atoms with Gasteiger partial charge in [0, 0.05) is 18.0 Å². The van der Waals surface area contributed by atoms with Gasteiger partial charge in [0.05, 0.1) is 24.3 Å². The number of methoxy groups -OCH3 is 1. The SMILES string of the molecule is COc1ccc(C(=O)Nc2cccc(C#N)c2)cn1. The third-order valence-corrected chi connectivity index (χ3v) is 2.46. The molecule has 1 aromatic carbocycles. The lowest BCUT2D eigenvalue weighted by Gasteiger charge is -2.05. The molecule has 0 saturated heterocycles. The molecule has 0 aliphatic heterocycles. The number of hydrogen-bond donors (Lipinski definition) is 1. The minimum atomic E-state index is -0.287. The van der Waals surface area contributed by atoms with Gasteiger partial charge in [-0.25, -0.2) is 4.98 Å². The van der Waals surface area contributed by atoms with Gasteiger partial charge in [0.2, 0.25) is 5.88 Å². The Hall–Kier alpha value is -2.87. The molecule has 1 amide bonds. The van der Waals surface area contributed by atoms with Crippen molar-refractivity contribution in [1.29, 1.82) is 5.26 Å². The number of amides is 1. The molecule has 0 aliphatic rings. The fourth-order valence-electron chi connectivity index (χ4n) is 1.51. The number of hydrogen-bond acceptors (Lipinski definition) is 4. The number of pyridine rings is 1. The van der Waals surface area contributed by atoms with Crippen LogP contribution in [0.2, 0.25) is 0 Å². The highest BCUT2D eigenvalue weighted by Crippen LogP contribution is 2.12. The Morgan fingerprint density at radius 2 is 2.21 bits per heavy atom. The number of nitrogens with zero attached hydrogens (tertiary/aromatic N) is 2. The molecular weight excluding hydrogens is 242 g/mol. The van der Waals surface area contributed by atoms with Crippen LogP contribution in [0.15, 0.2) is 42.6 Å². The maximum absolute atomic E-state index is 11.9. The fraction of sp³-hybridized carbons (Fsp3) is 0.0714. The van der Waals surface area contributed by atoms with Crippen molar-refractivity contribution in [2.45, 2.75) is 0 Å². The molecule has 94 valence electrons. The first-order chi connectivity index (χ1) is 9.22. The van der Waals surface area contributed by atoms with Crippen LogP contribution in [0.5, 0.6) is 5.88 Å². The molecule has 19 heavy (non-hydrogen) atoms. The highest BCUT2D eigenvalue weighted by atomic mass is 16.5. The molecule has 1 aromatic heterocycles. The van der Waals surface area contributed by atoms with E-state index in [2.05, 4.69) is 10.3 Å². The van der Waals surface area contributed by atoms with E-state index < -0.39 is 0 Å². The number of benzene rings is 1. The van der Waals surface area contributed by atoms with Crippen LogP contribution in [0, 0.1) is 11.3 Å². The lowest BCUT2D eigenvalue weighted by Crippen LogP contribution is -2.12. The molecule has 0 bridgehead atoms. The summed E-state index contributed by atoms with van der Waals surface area (Å²) < 4.78 is 4.92. The van der Waals surface area contributed by atoms with E-state index >= 15 is 0 Å². The van der Waals surface area contributed by atoms with Crippen LogP contribution >= 0.6 is 0 Å². The number of nitriles is 1. The largest absolute Gasteiger partial charge is 0.481 e. The van der Waals surface area contributed by atoms with Crippen molar-refractivity contribution in [1.82, 2.24) is 4.98 Å². The van der Waals surface area contributed by atoms with Gasteiger partial charge in [-0.15, -0.1) is 0 Å². The van der Waals surface area contributed by atoms with E-state index in [1.54, 1.807) is 36.4 Å². The Morgan fingerprint density at radius 1 is 1.37 bits per heavy atom. The van der Waals surface area contributed by atoms with Gasteiger partial charge in [-0.05, 0) is 24.3 Å². The fourth-order valence-corrected chi connectivity index (χ4v) is 1.51. The average Bonchev–Trinajstić information content (AvgIpc) is 2.47. The molecule has 0 radical (unpaired) electrons. The standard InChI is InChI=1S/C14H11N3O2/c1-19-13-6-5-11(9-16-13)14(18)17-12-4-2-3-10(7-12)8-15/h2-7,9H,1H3,(H,17,18). The van der Waals surface area contributed by atoms with E-state index in [9.17, 15) is 4.79 Å². The van der Waals surface area contributed by atoms with Gasteiger partial charge in [0.15, 0.2) is 0 Å². The minimum absolute atomic E-state index is 0.287. The summed E-state index contributed by atoms with van der Waals surface area (Å²) in [6.45, 7) is 0. The first-order valence-electron chi connectivity index (χ1n) is 5.54. The first kappa shape index (κ1) is 12.6. The normalized spacial score (nSPS) is 9.47. The van der Waals surface area contributed by atoms with Gasteiger partial charge >= 0.3 is 0 Å². The maximum Gasteiger partial charge on any atom is 0.257 e. The van der Waals surface area contributed by atoms with Crippen LogP contribution in [-0.2, 0) is 0 Å². The molecule has 0 atom stereocenters. The molecule has 0 unspecified atom stereocenters. The second kappa shape index (κ2) is 5.65. The minimum Gasteiger partial charge on any atom is -0.481 e. The molecule has 1 heterocycles. The van der Waals surface area contributed by atoms with Crippen molar-refractivity contribution < 1.29 is 9.53 Å². The number of nitrogens with one attached hydrogen (secondary N) is 1. The third-order valence-electron chi connectivity index (χ3n) is 2.46. The smallest absolute Gasteiger partial charge is 0.257 e. The Labute approximate surface area is 110 Å². The first-order valence-corrected chi connectivity index (χ1v) is 5.54. The van der Waals surface area contributed by atoms with Crippen molar-refractivity contribution in [2.24, 2.45) is 0 Å². The lowest BCUT2D eigenvalue weighted by atomic mass is 10.2. The highest BCUT2D eigenvalue weighted by molar-refractivity contribution is 6.04. The van der Waals surface area contributed by atoms with Crippen LogP contribution in [0.1, 0.15) is 15.9 Å². The molecule has 0 aliphatic carbocycles. The van der Waals surface area contributed by atoms with Gasteiger partial charge in [0.1, 0.15) is 0 Å². The van der Waals surface area contributed by atoms with E-state index in [0.717, 1.165) is 0 Å². The Bertz CT molecular complexity index is 630. The quantitative estimate of drug-likeness (QED) is 0.910. The second-order valence-corrected chi connectivity index (χ2v) is 3.74. The van der Waals surface area contributed by atoms with E-state index in [1.165, 1.54) is 13.3 Å². The van der Waals surface area contributed by atoms with E-state index in [0.29, 0.717) is 22.7 Å². The number of aromatic nitrogens is 1. The number of carbonyl (C=O) groups excluding carboxylic acids is 1. The van der Waals surface area contributed by atoms with Crippen LogP contribution < -0.4 is 10.1 Å². The molecule has 0 spiro atoms. The van der Waals surface area contributed by atoms with E-state index in [4.69, 9.17) is 10.00 Å². The number of ether oxygens (including phenoxy) is 1. The summed E-state index contributed by atoms with van der Waals surface area (Å²) in [7, 11) is 1.51. The van der Waals surface area contributed by atoms with Crippen LogP contribution in [0.4, 0.5) is 5.69 Å². The Kier molecular flexibility index (Phi) is 3.74. The summed E-state index contributed by atoms with van der Waals surface area (Å²) in [6.07, 6.45) is 1.43. The van der Waals surface area contributed by atoms with Gasteiger partial charge in [0.25, 0.3) is 5.91 Å². The van der Waals surface area contributed by atoms with Gasteiger partial charge in [-0.1, -0.05) is 6.07 Å². The van der Waals surface area contributed by atoms with E-state index in [1.807, 2.05) is 6.07 Å². The zero-order chi connectivity index (χ0) is 13.7. The van der Waals surface area contributed by atoms with Gasteiger partial charge in [-0.3, -0.25) is 4.79 Å². The number of carbonyl (C=O) groups is 1. The molecule has 0 saturated carbocycles. The monoisotopic (exact) mass is 253 g/mol. The average molecular weight is 253 g/mol. The highest BCUT2D eigenvalue weighted by Gasteiger charge is 2.07. The lowest BCUT2D eigenvalue weighted by molar-refractivity contribution is 0.102. The molecule has 5 heteroatoms. The van der Waals surface area contributed by atoms with E-state index in [-0.39, 0.29) is 5.91 Å². The van der Waals surface area contributed by atoms with Crippen LogP contribution in [-0.4, -0.2) is 18.0 Å². The van der Waals surface area contributed by atoms with Gasteiger partial charge in [-0.2, -0.15) is 5.26 Å². The summed E-state index contributed by atoms with van der Waals surface area (Å²) >= 11 is 0. The maximum atomic E-state index is 11.9. The zero-order valence-corrected chi connectivity index (χ0v) is 10.3. The molecule has 0 fully saturated rings. The predicted molar refractivity (Wildman–Crippen MR) is 69.9 cm³/mol. The number of rotatable bonds is 3. The molecule has 2 rings (SSSR count). The van der Waals surface area contributed by atoms with Crippen LogP contribution in [0.25, 0.3) is 0 Å². The van der Waals surface area contributed by atoms with Crippen molar-refractivity contribution in [3.05, 3.63) is 53.7 Å². The summed E-state index contributed by atoms with van der Waals surface area (Å²) in [5.41, 5.74) is 1.48. The molecule has 1 N–H and O–H groups in total. The Balaban J connectivity index is 2.13. The van der Waals surface area contributed by atoms with Gasteiger partial charge < -0.3 is 10.1 Å². The van der Waals surface area contributed by atoms with Crippen molar-refractivity contribution in [3.63, 3.8) is 0 Å². The van der Waals surface area contributed by atoms with Crippen molar-refractivity contribution in [2.75, 3.05) is 12.4 Å².